The average Bonchev–Trinajstić information content (AvgIpc) is 3.39. The zero-order chi connectivity index (χ0) is 25.5. The molecule has 1 saturated heterocycles. The van der Waals surface area contributed by atoms with Gasteiger partial charge in [-0.25, -0.2) is 14.2 Å². The van der Waals surface area contributed by atoms with Crippen molar-refractivity contribution in [2.45, 2.75) is 37.8 Å². The maximum absolute atomic E-state index is 13.0. The van der Waals surface area contributed by atoms with Crippen molar-refractivity contribution in [1.29, 1.82) is 0 Å². The third-order valence-corrected chi connectivity index (χ3v) is 5.98. The summed E-state index contributed by atoms with van der Waals surface area (Å²) < 4.78 is 9.98. The van der Waals surface area contributed by atoms with Crippen LogP contribution < -0.4 is 10.6 Å². The number of hydrogen-bond acceptors (Lipinski definition) is 10. The van der Waals surface area contributed by atoms with E-state index in [4.69, 9.17) is 4.74 Å². The fourth-order valence-corrected chi connectivity index (χ4v) is 4.16. The van der Waals surface area contributed by atoms with Crippen LogP contribution in [-0.2, 0) is 16.0 Å². The zero-order valence-electron chi connectivity index (χ0n) is 19.3. The summed E-state index contributed by atoms with van der Waals surface area (Å²) in [6, 6.07) is 10.4. The minimum Gasteiger partial charge on any atom is -0.443 e. The van der Waals surface area contributed by atoms with E-state index in [0.29, 0.717) is 25.1 Å². The first-order valence-electron chi connectivity index (χ1n) is 11.5. The SMILES string of the molecule is O=C(OCNc1ccc([N+](=O)[O-])c2nonc12)[C@@H]1CCCCN1C(=O)N[C@@H](CO)Cc1ccccc1. The monoisotopic (exact) mass is 498 g/mol. The molecule has 13 nitrogen and oxygen atoms in total. The molecule has 3 N–H and O–H groups in total. The first-order chi connectivity index (χ1) is 17.5. The number of aromatic nitrogens is 2. The Bertz CT molecular complexity index is 1220. The molecule has 3 aromatic rings. The third kappa shape index (κ3) is 5.68. The molecule has 2 aromatic carbocycles. The van der Waals surface area contributed by atoms with Crippen LogP contribution in [0.25, 0.3) is 11.0 Å². The molecule has 0 saturated carbocycles. The smallest absolute Gasteiger partial charge is 0.330 e. The van der Waals surface area contributed by atoms with Crippen molar-refractivity contribution in [2.24, 2.45) is 0 Å². The molecule has 2 atom stereocenters. The Morgan fingerprint density at radius 2 is 1.97 bits per heavy atom. The van der Waals surface area contributed by atoms with Crippen LogP contribution in [0.1, 0.15) is 24.8 Å². The van der Waals surface area contributed by atoms with Gasteiger partial charge in [0.05, 0.1) is 23.3 Å². The number of rotatable bonds is 9. The van der Waals surface area contributed by atoms with Crippen molar-refractivity contribution < 1.29 is 29.0 Å². The predicted octanol–water partition coefficient (Wildman–Crippen LogP) is 2.21. The molecule has 36 heavy (non-hydrogen) atoms. The Balaban J connectivity index is 1.35. The lowest BCUT2D eigenvalue weighted by molar-refractivity contribution is -0.383. The number of amides is 2. The zero-order valence-corrected chi connectivity index (χ0v) is 19.3. The van der Waals surface area contributed by atoms with E-state index in [1.54, 1.807) is 0 Å². The first kappa shape index (κ1) is 24.9. The van der Waals surface area contributed by atoms with Gasteiger partial charge in [-0.05, 0) is 47.6 Å². The summed E-state index contributed by atoms with van der Waals surface area (Å²) >= 11 is 0. The number of esters is 1. The van der Waals surface area contributed by atoms with Gasteiger partial charge in [-0.1, -0.05) is 30.3 Å². The summed E-state index contributed by atoms with van der Waals surface area (Å²) in [6.07, 6.45) is 2.41. The number of nitrogens with zero attached hydrogens (tertiary/aromatic N) is 4. The van der Waals surface area contributed by atoms with Crippen molar-refractivity contribution in [3.05, 3.63) is 58.1 Å². The molecule has 0 bridgehead atoms. The van der Waals surface area contributed by atoms with Crippen molar-refractivity contribution >= 4 is 34.4 Å². The average molecular weight is 498 g/mol. The van der Waals surface area contributed by atoms with Crippen LogP contribution >= 0.6 is 0 Å². The molecule has 2 amide bonds. The normalized spacial score (nSPS) is 16.4. The number of nitro benzene ring substituents is 1. The lowest BCUT2D eigenvalue weighted by Crippen LogP contribution is -2.55. The number of ether oxygens (including phenoxy) is 1. The van der Waals surface area contributed by atoms with Gasteiger partial charge in [-0.3, -0.25) is 10.1 Å². The first-order valence-corrected chi connectivity index (χ1v) is 11.5. The molecular weight excluding hydrogens is 472 g/mol. The van der Waals surface area contributed by atoms with E-state index >= 15 is 0 Å². The van der Waals surface area contributed by atoms with E-state index in [-0.39, 0.29) is 30.1 Å². The maximum atomic E-state index is 13.0. The van der Waals surface area contributed by atoms with Crippen LogP contribution in [0.3, 0.4) is 0 Å². The second-order valence-corrected chi connectivity index (χ2v) is 8.36. The second kappa shape index (κ2) is 11.4. The van der Waals surface area contributed by atoms with E-state index < -0.39 is 29.0 Å². The van der Waals surface area contributed by atoms with Crippen molar-refractivity contribution in [3.8, 4) is 0 Å². The van der Waals surface area contributed by atoms with Crippen molar-refractivity contribution in [1.82, 2.24) is 20.5 Å². The van der Waals surface area contributed by atoms with Crippen LogP contribution in [0.2, 0.25) is 0 Å². The number of urea groups is 1. The molecule has 2 heterocycles. The van der Waals surface area contributed by atoms with Gasteiger partial charge in [0.1, 0.15) is 6.04 Å². The minimum absolute atomic E-state index is 0.0274. The van der Waals surface area contributed by atoms with E-state index in [1.807, 2.05) is 30.3 Å². The second-order valence-electron chi connectivity index (χ2n) is 8.36. The summed E-state index contributed by atoms with van der Waals surface area (Å²) in [5, 5.41) is 33.8. The van der Waals surface area contributed by atoms with Gasteiger partial charge in [-0.15, -0.1) is 0 Å². The Morgan fingerprint density at radius 1 is 1.19 bits per heavy atom. The highest BCUT2D eigenvalue weighted by Gasteiger charge is 2.34. The van der Waals surface area contributed by atoms with E-state index in [2.05, 4.69) is 25.6 Å². The molecule has 0 spiro atoms. The molecule has 0 aliphatic carbocycles. The van der Waals surface area contributed by atoms with Gasteiger partial charge < -0.3 is 25.4 Å². The Hall–Kier alpha value is -4.26. The number of likely N-dealkylation sites (tertiary alicyclic amines) is 1. The summed E-state index contributed by atoms with van der Waals surface area (Å²) in [6.45, 7) is -0.109. The fourth-order valence-electron chi connectivity index (χ4n) is 4.16. The maximum Gasteiger partial charge on any atom is 0.330 e. The summed E-state index contributed by atoms with van der Waals surface area (Å²) in [5.41, 5.74) is 1.16. The van der Waals surface area contributed by atoms with Gasteiger partial charge in [0.2, 0.25) is 5.52 Å². The van der Waals surface area contributed by atoms with Crippen LogP contribution in [0.15, 0.2) is 47.1 Å². The third-order valence-electron chi connectivity index (χ3n) is 5.98. The highest BCUT2D eigenvalue weighted by atomic mass is 16.6. The van der Waals surface area contributed by atoms with E-state index in [1.165, 1.54) is 17.0 Å². The Morgan fingerprint density at radius 3 is 2.72 bits per heavy atom. The number of non-ortho nitro benzene ring substituents is 1. The summed E-state index contributed by atoms with van der Waals surface area (Å²) in [5.74, 6) is -0.586. The molecule has 1 aliphatic heterocycles. The lowest BCUT2D eigenvalue weighted by atomic mass is 10.0. The number of fused-ring (bicyclic) bond motifs is 1. The number of hydrogen-bond donors (Lipinski definition) is 3. The Kier molecular flexibility index (Phi) is 7.90. The standard InChI is InChI=1S/C23H26N6O7/c30-13-16(12-15-6-2-1-3-7-15)25-23(32)28-11-5-4-8-19(28)22(31)35-14-24-17-9-10-18(29(33)34)21-20(17)26-36-27-21/h1-3,6-7,9-10,16,19,24,30H,4-5,8,11-14H2,(H,25,32)/t16-,19+/m1/s1. The number of anilines is 1. The molecule has 4 rings (SSSR count). The van der Waals surface area contributed by atoms with Gasteiger partial charge >= 0.3 is 17.7 Å². The molecule has 1 aromatic heterocycles. The number of piperidine rings is 1. The fraction of sp³-hybridized carbons (Fsp3) is 0.391. The van der Waals surface area contributed by atoms with Crippen LogP contribution in [0.5, 0.6) is 0 Å². The van der Waals surface area contributed by atoms with Gasteiger partial charge in [0, 0.05) is 12.6 Å². The van der Waals surface area contributed by atoms with E-state index in [9.17, 15) is 24.8 Å². The Labute approximate surface area is 205 Å². The highest BCUT2D eigenvalue weighted by molar-refractivity contribution is 5.93. The number of nitro groups is 1. The minimum atomic E-state index is -0.776. The number of aliphatic hydroxyl groups is 1. The van der Waals surface area contributed by atoms with Gasteiger partial charge in [-0.2, -0.15) is 0 Å². The molecule has 0 unspecified atom stereocenters. The largest absolute Gasteiger partial charge is 0.443 e. The van der Waals surface area contributed by atoms with Crippen molar-refractivity contribution in [3.63, 3.8) is 0 Å². The summed E-state index contributed by atoms with van der Waals surface area (Å²) in [7, 11) is 0. The van der Waals surface area contributed by atoms with Gasteiger partial charge in [0.25, 0.3) is 0 Å². The molecule has 0 radical (unpaired) electrons. The highest BCUT2D eigenvalue weighted by Crippen LogP contribution is 2.28. The number of carbonyl (C=O) groups is 2. The number of carbonyl (C=O) groups excluding carboxylic acids is 2. The molecule has 1 fully saturated rings. The lowest BCUT2D eigenvalue weighted by Gasteiger charge is -2.35. The molecule has 190 valence electrons. The van der Waals surface area contributed by atoms with Crippen LogP contribution in [0, 0.1) is 10.1 Å². The van der Waals surface area contributed by atoms with Crippen LogP contribution in [0.4, 0.5) is 16.2 Å². The number of aliphatic hydroxyl groups excluding tert-OH is 1. The van der Waals surface area contributed by atoms with E-state index in [0.717, 1.165) is 18.4 Å². The number of benzene rings is 2. The number of nitrogens with one attached hydrogen (secondary N) is 2. The molecule has 13 heteroatoms. The van der Waals surface area contributed by atoms with Crippen molar-refractivity contribution in [2.75, 3.05) is 25.2 Å². The van der Waals surface area contributed by atoms with Crippen LogP contribution in [-0.4, -0.2) is 69.2 Å². The summed E-state index contributed by atoms with van der Waals surface area (Å²) in [4.78, 5) is 37.8. The predicted molar refractivity (Wildman–Crippen MR) is 127 cm³/mol. The van der Waals surface area contributed by atoms with Gasteiger partial charge in [0.15, 0.2) is 12.2 Å². The topological polar surface area (TPSA) is 173 Å². The quantitative estimate of drug-likeness (QED) is 0.172. The molecular formula is C23H26N6O7. The molecule has 1 aliphatic rings.